The molecule has 0 bridgehead atoms. The molecule has 0 fully saturated rings. The highest BCUT2D eigenvalue weighted by molar-refractivity contribution is 7.21. The number of hydrogen-bond acceptors (Lipinski definition) is 5. The number of nitrogens with zero attached hydrogens (tertiary/aromatic N) is 1. The van der Waals surface area contributed by atoms with Crippen LogP contribution < -0.4 is 15.8 Å². The largest absolute Gasteiger partial charge is 0.497 e. The number of methoxy groups -OCH3 is 1. The fourth-order valence-electron chi connectivity index (χ4n) is 2.83. The van der Waals surface area contributed by atoms with Gasteiger partial charge in [0, 0.05) is 21.7 Å². The van der Waals surface area contributed by atoms with E-state index in [2.05, 4.69) is 10.3 Å². The van der Waals surface area contributed by atoms with Gasteiger partial charge in [0.1, 0.15) is 15.5 Å². The molecule has 2 aromatic carbocycles. The molecule has 4 rings (SSSR count). The third-order valence-corrected chi connectivity index (χ3v) is 5.63. The summed E-state index contributed by atoms with van der Waals surface area (Å²) in [5.41, 5.74) is 9.02. The second-order valence-corrected chi connectivity index (χ2v) is 7.52. The summed E-state index contributed by atoms with van der Waals surface area (Å²) in [6.45, 7) is 0. The molecule has 1 amide bonds. The number of nitrogens with one attached hydrogen (secondary N) is 1. The fraction of sp³-hybridized carbons (Fsp3) is 0.0476. The van der Waals surface area contributed by atoms with Crippen LogP contribution >= 0.6 is 22.9 Å². The number of pyridine rings is 1. The van der Waals surface area contributed by atoms with Gasteiger partial charge in [-0.25, -0.2) is 4.98 Å². The minimum absolute atomic E-state index is 0.272. The average Bonchev–Trinajstić information content (AvgIpc) is 3.06. The van der Waals surface area contributed by atoms with Crippen LogP contribution in [0.2, 0.25) is 5.02 Å². The van der Waals surface area contributed by atoms with Crippen LogP contribution in [-0.2, 0) is 0 Å². The number of hydrogen-bond donors (Lipinski definition) is 2. The van der Waals surface area contributed by atoms with Gasteiger partial charge in [0.05, 0.1) is 18.5 Å². The normalized spacial score (nSPS) is 10.8. The number of ether oxygens (including phenoxy) is 1. The number of rotatable bonds is 4. The molecule has 0 spiro atoms. The molecule has 4 aromatic rings. The second-order valence-electron chi connectivity index (χ2n) is 6.09. The van der Waals surface area contributed by atoms with Crippen molar-refractivity contribution < 1.29 is 9.53 Å². The maximum Gasteiger partial charge on any atom is 0.267 e. The predicted molar refractivity (Wildman–Crippen MR) is 115 cm³/mol. The molecule has 0 atom stereocenters. The lowest BCUT2D eigenvalue weighted by Crippen LogP contribution is -2.11. The van der Waals surface area contributed by atoms with Crippen LogP contribution in [-0.4, -0.2) is 18.0 Å². The average molecular weight is 410 g/mol. The lowest BCUT2D eigenvalue weighted by molar-refractivity contribution is 0.103. The van der Waals surface area contributed by atoms with E-state index in [-0.39, 0.29) is 5.91 Å². The molecule has 5 nitrogen and oxygen atoms in total. The molecule has 3 N–H and O–H groups in total. The minimum Gasteiger partial charge on any atom is -0.497 e. The van der Waals surface area contributed by atoms with Crippen molar-refractivity contribution in [3.05, 3.63) is 70.6 Å². The SMILES string of the molecule is COc1cccc(-c2ccc3c(N)c(C(=O)Nc4ccc(Cl)cc4)sc3n2)c1. The van der Waals surface area contributed by atoms with E-state index in [0.29, 0.717) is 26.1 Å². The molecule has 0 saturated heterocycles. The molecule has 140 valence electrons. The summed E-state index contributed by atoms with van der Waals surface area (Å²) in [7, 11) is 1.63. The minimum atomic E-state index is -0.272. The molecule has 0 aliphatic heterocycles. The Bertz CT molecular complexity index is 1170. The fourth-order valence-corrected chi connectivity index (χ4v) is 3.95. The molecule has 0 aliphatic carbocycles. The van der Waals surface area contributed by atoms with Crippen molar-refractivity contribution in [1.82, 2.24) is 4.98 Å². The number of carbonyl (C=O) groups excluding carboxylic acids is 1. The zero-order valence-corrected chi connectivity index (χ0v) is 16.5. The van der Waals surface area contributed by atoms with Crippen molar-refractivity contribution in [2.45, 2.75) is 0 Å². The number of aromatic nitrogens is 1. The van der Waals surface area contributed by atoms with E-state index in [1.807, 2.05) is 36.4 Å². The standard InChI is InChI=1S/C21H16ClN3O2S/c1-27-15-4-2-3-12(11-15)17-10-9-16-18(23)19(28-21(16)25-17)20(26)24-14-7-5-13(22)6-8-14/h2-11H,23H2,1H3,(H,24,26). The molecular formula is C21H16ClN3O2S. The second kappa shape index (κ2) is 7.50. The number of nitrogens with two attached hydrogens (primary N) is 1. The van der Waals surface area contributed by atoms with Crippen LogP contribution in [0.1, 0.15) is 9.67 Å². The Morgan fingerprint density at radius 1 is 1.14 bits per heavy atom. The Balaban J connectivity index is 1.67. The molecule has 2 heterocycles. The molecule has 2 aromatic heterocycles. The highest BCUT2D eigenvalue weighted by atomic mass is 35.5. The summed E-state index contributed by atoms with van der Waals surface area (Å²) in [5.74, 6) is 0.485. The van der Waals surface area contributed by atoms with Crippen molar-refractivity contribution in [2.24, 2.45) is 0 Å². The Morgan fingerprint density at radius 2 is 1.93 bits per heavy atom. The Labute approximate surface area is 170 Å². The van der Waals surface area contributed by atoms with Crippen molar-refractivity contribution in [3.8, 4) is 17.0 Å². The van der Waals surface area contributed by atoms with E-state index in [4.69, 9.17) is 22.1 Å². The highest BCUT2D eigenvalue weighted by Gasteiger charge is 2.18. The number of carbonyl (C=O) groups is 1. The monoisotopic (exact) mass is 409 g/mol. The summed E-state index contributed by atoms with van der Waals surface area (Å²) in [6.07, 6.45) is 0. The summed E-state index contributed by atoms with van der Waals surface area (Å²) in [5, 5.41) is 4.20. The van der Waals surface area contributed by atoms with Crippen LogP contribution in [0.5, 0.6) is 5.75 Å². The number of amides is 1. The van der Waals surface area contributed by atoms with Gasteiger partial charge in [0.25, 0.3) is 5.91 Å². The zero-order chi connectivity index (χ0) is 19.7. The zero-order valence-electron chi connectivity index (χ0n) is 14.9. The Morgan fingerprint density at radius 3 is 2.68 bits per heavy atom. The molecule has 7 heteroatoms. The molecule has 0 aliphatic rings. The van der Waals surface area contributed by atoms with E-state index >= 15 is 0 Å². The third-order valence-electron chi connectivity index (χ3n) is 4.27. The molecule has 0 saturated carbocycles. The van der Waals surface area contributed by atoms with E-state index in [9.17, 15) is 4.79 Å². The number of halogens is 1. The van der Waals surface area contributed by atoms with Gasteiger partial charge in [-0.2, -0.15) is 0 Å². The van der Waals surface area contributed by atoms with Crippen LogP contribution in [0.4, 0.5) is 11.4 Å². The van der Waals surface area contributed by atoms with Crippen molar-refractivity contribution >= 4 is 50.4 Å². The number of benzene rings is 2. The number of anilines is 2. The maximum absolute atomic E-state index is 12.7. The maximum atomic E-state index is 12.7. The van der Waals surface area contributed by atoms with Crippen LogP contribution in [0, 0.1) is 0 Å². The lowest BCUT2D eigenvalue weighted by Gasteiger charge is -2.04. The van der Waals surface area contributed by atoms with Gasteiger partial charge in [0.2, 0.25) is 0 Å². The summed E-state index contributed by atoms with van der Waals surface area (Å²) in [6, 6.07) is 18.4. The van der Waals surface area contributed by atoms with Crippen molar-refractivity contribution in [3.63, 3.8) is 0 Å². The summed E-state index contributed by atoms with van der Waals surface area (Å²) >= 11 is 7.15. The lowest BCUT2D eigenvalue weighted by atomic mass is 10.1. The smallest absolute Gasteiger partial charge is 0.267 e. The predicted octanol–water partition coefficient (Wildman–Crippen LogP) is 5.46. The molecular weight excluding hydrogens is 394 g/mol. The van der Waals surface area contributed by atoms with Crippen molar-refractivity contribution in [1.29, 1.82) is 0 Å². The Hall–Kier alpha value is -3.09. The van der Waals surface area contributed by atoms with Crippen LogP contribution in [0.25, 0.3) is 21.5 Å². The summed E-state index contributed by atoms with van der Waals surface area (Å²) < 4.78 is 5.28. The van der Waals surface area contributed by atoms with Gasteiger partial charge >= 0.3 is 0 Å². The first-order valence-corrected chi connectivity index (χ1v) is 9.65. The third kappa shape index (κ3) is 3.52. The van der Waals surface area contributed by atoms with E-state index in [1.54, 1.807) is 31.4 Å². The topological polar surface area (TPSA) is 77.2 Å². The first-order chi connectivity index (χ1) is 13.5. The number of thiophene rings is 1. The van der Waals surface area contributed by atoms with E-state index < -0.39 is 0 Å². The number of fused-ring (bicyclic) bond motifs is 1. The van der Waals surface area contributed by atoms with Crippen LogP contribution in [0.3, 0.4) is 0 Å². The first-order valence-electron chi connectivity index (χ1n) is 8.45. The Kier molecular flexibility index (Phi) is 4.90. The summed E-state index contributed by atoms with van der Waals surface area (Å²) in [4.78, 5) is 18.5. The molecule has 28 heavy (non-hydrogen) atoms. The molecule has 0 unspecified atom stereocenters. The number of nitrogen functional groups attached to an aromatic ring is 1. The van der Waals surface area contributed by atoms with E-state index in [0.717, 1.165) is 22.4 Å². The van der Waals surface area contributed by atoms with Crippen molar-refractivity contribution in [2.75, 3.05) is 18.2 Å². The quantitative estimate of drug-likeness (QED) is 0.469. The van der Waals surface area contributed by atoms with Gasteiger partial charge in [-0.15, -0.1) is 11.3 Å². The van der Waals surface area contributed by atoms with Crippen LogP contribution in [0.15, 0.2) is 60.7 Å². The van der Waals surface area contributed by atoms with Gasteiger partial charge < -0.3 is 15.8 Å². The van der Waals surface area contributed by atoms with Gasteiger partial charge in [-0.1, -0.05) is 23.7 Å². The highest BCUT2D eigenvalue weighted by Crippen LogP contribution is 2.35. The first kappa shape index (κ1) is 18.3. The van der Waals surface area contributed by atoms with E-state index in [1.165, 1.54) is 11.3 Å². The van der Waals surface area contributed by atoms with Gasteiger partial charge in [-0.3, -0.25) is 4.79 Å². The molecule has 0 radical (unpaired) electrons. The van der Waals surface area contributed by atoms with Gasteiger partial charge in [-0.05, 0) is 48.5 Å². The van der Waals surface area contributed by atoms with Gasteiger partial charge in [0.15, 0.2) is 0 Å².